The highest BCUT2D eigenvalue weighted by molar-refractivity contribution is 7.15. The van der Waals surface area contributed by atoms with Crippen LogP contribution in [-0.2, 0) is 0 Å². The first-order valence-corrected chi connectivity index (χ1v) is 8.05. The zero-order valence-electron chi connectivity index (χ0n) is 11.4. The zero-order chi connectivity index (χ0) is 12.5. The normalized spacial score (nSPS) is 28.0. The summed E-state index contributed by atoms with van der Waals surface area (Å²) >= 11 is 1.88. The van der Waals surface area contributed by atoms with E-state index >= 15 is 0 Å². The van der Waals surface area contributed by atoms with E-state index in [0.29, 0.717) is 6.04 Å². The molecule has 1 saturated carbocycles. The Kier molecular flexibility index (Phi) is 3.57. The summed E-state index contributed by atoms with van der Waals surface area (Å²) in [5, 5.41) is 4.79. The standard InChI is InChI=1S/C14H23N3S/c1-3-6-15-10(2)13-8-16-14(18-13)17-9-11-4-5-12(17)7-11/h8,10-12,15H,3-7,9H2,1-2H3. The first-order valence-electron chi connectivity index (χ1n) is 7.23. The summed E-state index contributed by atoms with van der Waals surface area (Å²) in [6, 6.07) is 1.23. The van der Waals surface area contributed by atoms with Gasteiger partial charge < -0.3 is 10.2 Å². The number of hydrogen-bond donors (Lipinski definition) is 1. The Morgan fingerprint density at radius 2 is 2.44 bits per heavy atom. The van der Waals surface area contributed by atoms with Crippen LogP contribution in [0.25, 0.3) is 0 Å². The van der Waals surface area contributed by atoms with Crippen LogP contribution in [0, 0.1) is 5.92 Å². The van der Waals surface area contributed by atoms with E-state index in [1.54, 1.807) is 0 Å². The second-order valence-electron chi connectivity index (χ2n) is 5.71. The summed E-state index contributed by atoms with van der Waals surface area (Å²) in [7, 11) is 0. The lowest BCUT2D eigenvalue weighted by molar-refractivity contribution is 0.553. The molecule has 4 heteroatoms. The fourth-order valence-electron chi connectivity index (χ4n) is 3.23. The zero-order valence-corrected chi connectivity index (χ0v) is 12.2. The van der Waals surface area contributed by atoms with Gasteiger partial charge in [-0.15, -0.1) is 11.3 Å². The van der Waals surface area contributed by atoms with Gasteiger partial charge >= 0.3 is 0 Å². The number of hydrogen-bond acceptors (Lipinski definition) is 4. The van der Waals surface area contributed by atoms with Crippen LogP contribution < -0.4 is 10.2 Å². The molecule has 3 nitrogen and oxygen atoms in total. The molecule has 1 aliphatic heterocycles. The van der Waals surface area contributed by atoms with Crippen LogP contribution in [0.4, 0.5) is 5.13 Å². The number of anilines is 1. The molecule has 0 radical (unpaired) electrons. The molecule has 1 aromatic heterocycles. The first kappa shape index (κ1) is 12.4. The van der Waals surface area contributed by atoms with E-state index in [1.165, 1.54) is 42.2 Å². The topological polar surface area (TPSA) is 28.2 Å². The smallest absolute Gasteiger partial charge is 0.185 e. The van der Waals surface area contributed by atoms with Crippen molar-refractivity contribution in [3.05, 3.63) is 11.1 Å². The van der Waals surface area contributed by atoms with Crippen molar-refractivity contribution in [2.45, 2.75) is 51.6 Å². The van der Waals surface area contributed by atoms with Crippen LogP contribution in [0.1, 0.15) is 50.4 Å². The first-order chi connectivity index (χ1) is 8.78. The summed E-state index contributed by atoms with van der Waals surface area (Å²) in [5.74, 6) is 0.943. The van der Waals surface area contributed by atoms with E-state index < -0.39 is 0 Å². The van der Waals surface area contributed by atoms with Crippen LogP contribution in [0.2, 0.25) is 0 Å². The third kappa shape index (κ3) is 2.28. The molecular formula is C14H23N3S. The van der Waals surface area contributed by atoms with Crippen molar-refractivity contribution in [1.29, 1.82) is 0 Å². The summed E-state index contributed by atoms with van der Waals surface area (Å²) in [4.78, 5) is 8.58. The molecule has 100 valence electrons. The van der Waals surface area contributed by atoms with Gasteiger partial charge in [0.1, 0.15) is 0 Å². The fraction of sp³-hybridized carbons (Fsp3) is 0.786. The Balaban J connectivity index is 1.66. The van der Waals surface area contributed by atoms with Gasteiger partial charge in [0.2, 0.25) is 0 Å². The molecule has 1 N–H and O–H groups in total. The van der Waals surface area contributed by atoms with Gasteiger partial charge in [0.15, 0.2) is 5.13 Å². The lowest BCUT2D eigenvalue weighted by atomic mass is 10.1. The number of nitrogens with zero attached hydrogens (tertiary/aromatic N) is 2. The quantitative estimate of drug-likeness (QED) is 0.886. The molecule has 1 saturated heterocycles. The molecule has 0 amide bonds. The predicted octanol–water partition coefficient (Wildman–Crippen LogP) is 3.19. The van der Waals surface area contributed by atoms with Crippen molar-refractivity contribution in [1.82, 2.24) is 10.3 Å². The van der Waals surface area contributed by atoms with Gasteiger partial charge in [-0.05, 0) is 45.1 Å². The third-order valence-electron chi connectivity index (χ3n) is 4.29. The van der Waals surface area contributed by atoms with Crippen molar-refractivity contribution in [3.63, 3.8) is 0 Å². The Hall–Kier alpha value is -0.610. The Bertz CT molecular complexity index is 403. The Morgan fingerprint density at radius 1 is 1.56 bits per heavy atom. The molecule has 2 bridgehead atoms. The van der Waals surface area contributed by atoms with Crippen LogP contribution in [0.3, 0.4) is 0 Å². The molecule has 0 spiro atoms. The third-order valence-corrected chi connectivity index (χ3v) is 5.51. The second kappa shape index (κ2) is 5.17. The van der Waals surface area contributed by atoms with E-state index in [4.69, 9.17) is 0 Å². The number of nitrogens with one attached hydrogen (secondary N) is 1. The van der Waals surface area contributed by atoms with E-state index in [0.717, 1.165) is 18.5 Å². The van der Waals surface area contributed by atoms with Crippen LogP contribution in [0.15, 0.2) is 6.20 Å². The minimum atomic E-state index is 0.441. The molecule has 3 unspecified atom stereocenters. The molecule has 2 aliphatic rings. The highest BCUT2D eigenvalue weighted by Crippen LogP contribution is 2.41. The van der Waals surface area contributed by atoms with Crippen molar-refractivity contribution in [2.75, 3.05) is 18.0 Å². The number of thiazole rings is 1. The van der Waals surface area contributed by atoms with E-state index in [-0.39, 0.29) is 0 Å². The van der Waals surface area contributed by atoms with E-state index in [9.17, 15) is 0 Å². The lowest BCUT2D eigenvalue weighted by Gasteiger charge is -2.26. The maximum atomic E-state index is 4.65. The van der Waals surface area contributed by atoms with Gasteiger partial charge in [-0.3, -0.25) is 0 Å². The average molecular weight is 265 g/mol. The van der Waals surface area contributed by atoms with Crippen molar-refractivity contribution < 1.29 is 0 Å². The molecule has 3 rings (SSSR count). The lowest BCUT2D eigenvalue weighted by Crippen LogP contribution is -2.31. The molecule has 2 heterocycles. The summed E-state index contributed by atoms with van der Waals surface area (Å²) in [6.07, 6.45) is 7.47. The van der Waals surface area contributed by atoms with Gasteiger partial charge in [0.05, 0.1) is 0 Å². The highest BCUT2D eigenvalue weighted by Gasteiger charge is 2.38. The molecule has 1 aromatic rings. The molecule has 2 fully saturated rings. The van der Waals surface area contributed by atoms with Crippen molar-refractivity contribution in [3.8, 4) is 0 Å². The molecule has 18 heavy (non-hydrogen) atoms. The van der Waals surface area contributed by atoms with Crippen molar-refractivity contribution in [2.24, 2.45) is 5.92 Å². The number of fused-ring (bicyclic) bond motifs is 2. The van der Waals surface area contributed by atoms with E-state index in [2.05, 4.69) is 35.2 Å². The Labute approximate surface area is 114 Å². The van der Waals surface area contributed by atoms with Crippen molar-refractivity contribution >= 4 is 16.5 Å². The van der Waals surface area contributed by atoms with Gasteiger partial charge in [-0.25, -0.2) is 4.98 Å². The molecule has 1 aliphatic carbocycles. The predicted molar refractivity (Wildman–Crippen MR) is 77.3 cm³/mol. The maximum Gasteiger partial charge on any atom is 0.185 e. The van der Waals surface area contributed by atoms with Gasteiger partial charge in [0.25, 0.3) is 0 Å². The molecule has 3 atom stereocenters. The fourth-order valence-corrected chi connectivity index (χ4v) is 4.25. The summed E-state index contributed by atoms with van der Waals surface area (Å²) in [5.41, 5.74) is 0. The maximum absolute atomic E-state index is 4.65. The summed E-state index contributed by atoms with van der Waals surface area (Å²) < 4.78 is 0. The Morgan fingerprint density at radius 3 is 3.11 bits per heavy atom. The van der Waals surface area contributed by atoms with Crippen LogP contribution >= 0.6 is 11.3 Å². The van der Waals surface area contributed by atoms with E-state index in [1.807, 2.05) is 11.3 Å². The van der Waals surface area contributed by atoms with Gasteiger partial charge in [0, 0.05) is 29.7 Å². The minimum absolute atomic E-state index is 0.441. The number of rotatable bonds is 5. The second-order valence-corrected chi connectivity index (χ2v) is 6.75. The van der Waals surface area contributed by atoms with Crippen LogP contribution in [0.5, 0.6) is 0 Å². The SMILES string of the molecule is CCCNC(C)c1cnc(N2CC3CCC2C3)s1. The monoisotopic (exact) mass is 265 g/mol. The molecule has 0 aromatic carbocycles. The minimum Gasteiger partial charge on any atom is -0.345 e. The largest absolute Gasteiger partial charge is 0.345 e. The van der Waals surface area contributed by atoms with Gasteiger partial charge in [-0.2, -0.15) is 0 Å². The van der Waals surface area contributed by atoms with Gasteiger partial charge in [-0.1, -0.05) is 6.92 Å². The number of piperidine rings is 1. The highest BCUT2D eigenvalue weighted by atomic mass is 32.1. The molecular weight excluding hydrogens is 242 g/mol. The van der Waals surface area contributed by atoms with Crippen LogP contribution in [-0.4, -0.2) is 24.1 Å². The average Bonchev–Trinajstić information content (AvgIpc) is 3.09. The summed E-state index contributed by atoms with van der Waals surface area (Å²) in [6.45, 7) is 6.78. The number of aromatic nitrogens is 1.